The van der Waals surface area contributed by atoms with Gasteiger partial charge in [-0.15, -0.1) is 0 Å². The highest BCUT2D eigenvalue weighted by molar-refractivity contribution is 6.07. The molecule has 0 fully saturated rings. The summed E-state index contributed by atoms with van der Waals surface area (Å²) in [5, 5.41) is 17.5. The SMILES string of the molecule is O=C(Nc1cnccc1C(=O)O)c1cn[nH]c1. The van der Waals surface area contributed by atoms with Gasteiger partial charge in [0.2, 0.25) is 0 Å². The van der Waals surface area contributed by atoms with E-state index in [4.69, 9.17) is 5.11 Å². The van der Waals surface area contributed by atoms with Crippen molar-refractivity contribution in [1.29, 1.82) is 0 Å². The highest BCUT2D eigenvalue weighted by Gasteiger charge is 2.13. The predicted molar refractivity (Wildman–Crippen MR) is 57.7 cm³/mol. The third-order valence-corrected chi connectivity index (χ3v) is 2.06. The van der Waals surface area contributed by atoms with Gasteiger partial charge in [0.1, 0.15) is 0 Å². The molecule has 7 nitrogen and oxygen atoms in total. The molecule has 0 aromatic carbocycles. The van der Waals surface area contributed by atoms with Crippen molar-refractivity contribution in [3.63, 3.8) is 0 Å². The van der Waals surface area contributed by atoms with Crippen molar-refractivity contribution in [1.82, 2.24) is 15.2 Å². The lowest BCUT2D eigenvalue weighted by Gasteiger charge is -2.05. The van der Waals surface area contributed by atoms with Crippen molar-refractivity contribution in [2.45, 2.75) is 0 Å². The number of carboxylic acid groups (broad SMARTS) is 1. The predicted octanol–water partition coefficient (Wildman–Crippen LogP) is 0.755. The molecular formula is C10H8N4O3. The van der Waals surface area contributed by atoms with E-state index in [0.29, 0.717) is 5.56 Å². The molecule has 0 unspecified atom stereocenters. The maximum absolute atomic E-state index is 11.7. The third kappa shape index (κ3) is 2.28. The summed E-state index contributed by atoms with van der Waals surface area (Å²) in [5.74, 6) is -1.58. The van der Waals surface area contributed by atoms with Gasteiger partial charge in [-0.25, -0.2) is 4.79 Å². The van der Waals surface area contributed by atoms with Gasteiger partial charge in [-0.05, 0) is 6.07 Å². The fourth-order valence-corrected chi connectivity index (χ4v) is 1.25. The summed E-state index contributed by atoms with van der Waals surface area (Å²) in [6, 6.07) is 1.31. The molecule has 0 bridgehead atoms. The van der Waals surface area contributed by atoms with Crippen LogP contribution in [0.1, 0.15) is 20.7 Å². The number of anilines is 1. The highest BCUT2D eigenvalue weighted by atomic mass is 16.4. The summed E-state index contributed by atoms with van der Waals surface area (Å²) in [7, 11) is 0. The van der Waals surface area contributed by atoms with E-state index in [1.807, 2.05) is 0 Å². The Morgan fingerprint density at radius 3 is 2.82 bits per heavy atom. The molecule has 0 aliphatic heterocycles. The van der Waals surface area contributed by atoms with Gasteiger partial charge in [-0.3, -0.25) is 14.9 Å². The van der Waals surface area contributed by atoms with Crippen LogP contribution in [0.15, 0.2) is 30.9 Å². The number of carbonyl (C=O) groups excluding carboxylic acids is 1. The van der Waals surface area contributed by atoms with Crippen LogP contribution in [0, 0.1) is 0 Å². The van der Waals surface area contributed by atoms with Crippen molar-refractivity contribution < 1.29 is 14.7 Å². The Hall–Kier alpha value is -2.70. The number of rotatable bonds is 3. The minimum Gasteiger partial charge on any atom is -0.478 e. The Morgan fingerprint density at radius 1 is 1.35 bits per heavy atom. The summed E-state index contributed by atoms with van der Waals surface area (Å²) in [5.41, 5.74) is 0.438. The third-order valence-electron chi connectivity index (χ3n) is 2.06. The van der Waals surface area contributed by atoms with E-state index in [1.165, 1.54) is 30.9 Å². The summed E-state index contributed by atoms with van der Waals surface area (Å²) in [6.07, 6.45) is 5.37. The summed E-state index contributed by atoms with van der Waals surface area (Å²) < 4.78 is 0. The average Bonchev–Trinajstić information content (AvgIpc) is 2.83. The van der Waals surface area contributed by atoms with Crippen LogP contribution in [-0.4, -0.2) is 32.2 Å². The fraction of sp³-hybridized carbons (Fsp3) is 0. The molecule has 0 saturated heterocycles. The molecule has 1 amide bonds. The molecular weight excluding hydrogens is 224 g/mol. The topological polar surface area (TPSA) is 108 Å². The van der Waals surface area contributed by atoms with E-state index in [1.54, 1.807) is 0 Å². The largest absolute Gasteiger partial charge is 0.478 e. The normalized spacial score (nSPS) is 9.88. The molecule has 2 aromatic heterocycles. The van der Waals surface area contributed by atoms with Crippen LogP contribution in [0.4, 0.5) is 5.69 Å². The Morgan fingerprint density at radius 2 is 2.18 bits per heavy atom. The molecule has 2 aromatic rings. The van der Waals surface area contributed by atoms with Gasteiger partial charge in [-0.2, -0.15) is 5.10 Å². The lowest BCUT2D eigenvalue weighted by molar-refractivity contribution is 0.0698. The van der Waals surface area contributed by atoms with E-state index in [-0.39, 0.29) is 11.3 Å². The van der Waals surface area contributed by atoms with Gasteiger partial charge >= 0.3 is 5.97 Å². The molecule has 0 spiro atoms. The molecule has 0 saturated carbocycles. The summed E-state index contributed by atoms with van der Waals surface area (Å²) in [6.45, 7) is 0. The first-order chi connectivity index (χ1) is 8.18. The van der Waals surface area contributed by atoms with E-state index >= 15 is 0 Å². The lowest BCUT2D eigenvalue weighted by Crippen LogP contribution is -2.14. The van der Waals surface area contributed by atoms with Crippen molar-refractivity contribution >= 4 is 17.6 Å². The molecule has 3 N–H and O–H groups in total. The van der Waals surface area contributed by atoms with Crippen molar-refractivity contribution in [2.24, 2.45) is 0 Å². The first-order valence-electron chi connectivity index (χ1n) is 4.66. The molecule has 17 heavy (non-hydrogen) atoms. The zero-order valence-electron chi connectivity index (χ0n) is 8.54. The zero-order chi connectivity index (χ0) is 12.3. The van der Waals surface area contributed by atoms with Crippen LogP contribution >= 0.6 is 0 Å². The maximum Gasteiger partial charge on any atom is 0.337 e. The monoisotopic (exact) mass is 232 g/mol. The minimum atomic E-state index is -1.13. The van der Waals surface area contributed by atoms with Gasteiger partial charge in [0.05, 0.1) is 29.2 Å². The number of amides is 1. The number of aromatic carboxylic acids is 1. The van der Waals surface area contributed by atoms with Gasteiger partial charge in [-0.1, -0.05) is 0 Å². The molecule has 0 radical (unpaired) electrons. The first kappa shape index (κ1) is 10.8. The number of carbonyl (C=O) groups is 2. The second-order valence-corrected chi connectivity index (χ2v) is 3.17. The molecule has 0 aliphatic rings. The number of nitrogens with one attached hydrogen (secondary N) is 2. The minimum absolute atomic E-state index is 0.0168. The van der Waals surface area contributed by atoms with Crippen LogP contribution in [0.2, 0.25) is 0 Å². The first-order valence-corrected chi connectivity index (χ1v) is 4.66. The van der Waals surface area contributed by atoms with Gasteiger partial charge in [0, 0.05) is 12.4 Å². The second-order valence-electron chi connectivity index (χ2n) is 3.17. The Labute approximate surface area is 95.5 Å². The van der Waals surface area contributed by atoms with Crippen LogP contribution < -0.4 is 5.32 Å². The van der Waals surface area contributed by atoms with Gasteiger partial charge in [0.15, 0.2) is 0 Å². The fourth-order valence-electron chi connectivity index (χ4n) is 1.25. The molecule has 0 atom stereocenters. The van der Waals surface area contributed by atoms with E-state index in [0.717, 1.165) is 0 Å². The molecule has 86 valence electrons. The number of nitrogens with zero attached hydrogens (tertiary/aromatic N) is 2. The maximum atomic E-state index is 11.7. The summed E-state index contributed by atoms with van der Waals surface area (Å²) in [4.78, 5) is 26.3. The molecule has 2 rings (SSSR count). The van der Waals surface area contributed by atoms with Crippen molar-refractivity contribution in [3.8, 4) is 0 Å². The van der Waals surface area contributed by atoms with E-state index in [2.05, 4.69) is 20.5 Å². The Bertz CT molecular complexity index is 550. The molecule has 0 aliphatic carbocycles. The van der Waals surface area contributed by atoms with E-state index in [9.17, 15) is 9.59 Å². The van der Waals surface area contributed by atoms with Crippen LogP contribution in [0.25, 0.3) is 0 Å². The van der Waals surface area contributed by atoms with Gasteiger partial charge in [0.25, 0.3) is 5.91 Å². The smallest absolute Gasteiger partial charge is 0.337 e. The second kappa shape index (κ2) is 4.44. The number of hydrogen-bond donors (Lipinski definition) is 3. The highest BCUT2D eigenvalue weighted by Crippen LogP contribution is 2.14. The molecule has 2 heterocycles. The number of pyridine rings is 1. The average molecular weight is 232 g/mol. The van der Waals surface area contributed by atoms with Crippen molar-refractivity contribution in [3.05, 3.63) is 42.0 Å². The van der Waals surface area contributed by atoms with Crippen LogP contribution in [0.5, 0.6) is 0 Å². The zero-order valence-corrected chi connectivity index (χ0v) is 8.54. The Balaban J connectivity index is 2.25. The number of H-pyrrole nitrogens is 1. The molecule has 7 heteroatoms. The quantitative estimate of drug-likeness (QED) is 0.723. The number of aromatic amines is 1. The number of hydrogen-bond acceptors (Lipinski definition) is 4. The number of aromatic nitrogens is 3. The lowest BCUT2D eigenvalue weighted by atomic mass is 10.2. The summed E-state index contributed by atoms with van der Waals surface area (Å²) >= 11 is 0. The van der Waals surface area contributed by atoms with Crippen LogP contribution in [0.3, 0.4) is 0 Å². The standard InChI is InChI=1S/C10H8N4O3/c15-9(6-3-12-13-4-6)14-8-5-11-2-1-7(8)10(16)17/h1-5H,(H,12,13)(H,14,15)(H,16,17). The van der Waals surface area contributed by atoms with Gasteiger partial charge < -0.3 is 10.4 Å². The van der Waals surface area contributed by atoms with E-state index < -0.39 is 11.9 Å². The van der Waals surface area contributed by atoms with Crippen molar-refractivity contribution in [2.75, 3.05) is 5.32 Å². The Kier molecular flexibility index (Phi) is 2.82. The van der Waals surface area contributed by atoms with Crippen LogP contribution in [-0.2, 0) is 0 Å². The number of carboxylic acids is 1.